The highest BCUT2D eigenvalue weighted by atomic mass is 16.2. The highest BCUT2D eigenvalue weighted by molar-refractivity contribution is 5.95. The largest absolute Gasteiger partial charge is 0.356 e. The lowest BCUT2D eigenvalue weighted by Crippen LogP contribution is -2.41. The van der Waals surface area contributed by atoms with Crippen molar-refractivity contribution in [2.75, 3.05) is 44.7 Å². The van der Waals surface area contributed by atoms with Gasteiger partial charge in [-0.25, -0.2) is 0 Å². The molecule has 160 valence electrons. The van der Waals surface area contributed by atoms with Gasteiger partial charge in [0, 0.05) is 51.4 Å². The van der Waals surface area contributed by atoms with Gasteiger partial charge in [0.05, 0.1) is 0 Å². The summed E-state index contributed by atoms with van der Waals surface area (Å²) in [6, 6.07) is 8.94. The molecule has 2 heterocycles. The predicted octanol–water partition coefficient (Wildman–Crippen LogP) is 2.79. The number of nitrogens with zero attached hydrogens (tertiary/aromatic N) is 3. The number of hydrogen-bond donors (Lipinski definition) is 2. The van der Waals surface area contributed by atoms with E-state index >= 15 is 0 Å². The number of piperidine rings is 1. The Morgan fingerprint density at radius 3 is 2.72 bits per heavy atom. The number of nitrogens with one attached hydrogen (secondary N) is 2. The SMILES string of the molecule is CN=C(NCCCC(=O)N1CCc2ccccc21)NCCCN1CCCCC1C. The number of rotatable bonds is 8. The Labute approximate surface area is 175 Å². The predicted molar refractivity (Wildman–Crippen MR) is 121 cm³/mol. The maximum Gasteiger partial charge on any atom is 0.227 e. The van der Waals surface area contributed by atoms with Crippen LogP contribution in [0.15, 0.2) is 29.3 Å². The van der Waals surface area contributed by atoms with Crippen LogP contribution in [0.3, 0.4) is 0 Å². The average Bonchev–Trinajstić information content (AvgIpc) is 3.18. The van der Waals surface area contributed by atoms with Crippen LogP contribution in [-0.2, 0) is 11.2 Å². The summed E-state index contributed by atoms with van der Waals surface area (Å²) in [7, 11) is 1.80. The molecule has 0 spiro atoms. The molecule has 3 rings (SSSR count). The van der Waals surface area contributed by atoms with Crippen LogP contribution in [0, 0.1) is 0 Å². The summed E-state index contributed by atoms with van der Waals surface area (Å²) >= 11 is 0. The second-order valence-corrected chi connectivity index (χ2v) is 8.19. The van der Waals surface area contributed by atoms with Crippen molar-refractivity contribution in [3.05, 3.63) is 29.8 Å². The maximum atomic E-state index is 12.6. The fourth-order valence-corrected chi connectivity index (χ4v) is 4.38. The van der Waals surface area contributed by atoms with E-state index in [1.165, 1.54) is 31.4 Å². The molecule has 2 aliphatic heterocycles. The highest BCUT2D eigenvalue weighted by Crippen LogP contribution is 2.27. The molecule has 6 heteroatoms. The lowest BCUT2D eigenvalue weighted by atomic mass is 10.0. The van der Waals surface area contributed by atoms with Crippen molar-refractivity contribution < 1.29 is 4.79 Å². The number of amides is 1. The zero-order valence-corrected chi connectivity index (χ0v) is 18.1. The van der Waals surface area contributed by atoms with Crippen LogP contribution in [0.5, 0.6) is 0 Å². The molecule has 1 aromatic rings. The molecule has 29 heavy (non-hydrogen) atoms. The van der Waals surface area contributed by atoms with Crippen LogP contribution in [0.4, 0.5) is 5.69 Å². The molecule has 2 N–H and O–H groups in total. The van der Waals surface area contributed by atoms with Crippen LogP contribution >= 0.6 is 0 Å². The summed E-state index contributed by atoms with van der Waals surface area (Å²) in [5, 5.41) is 6.73. The lowest BCUT2D eigenvalue weighted by Gasteiger charge is -2.33. The number of fused-ring (bicyclic) bond motifs is 1. The van der Waals surface area contributed by atoms with E-state index in [1.807, 2.05) is 17.0 Å². The Bertz CT molecular complexity index is 690. The van der Waals surface area contributed by atoms with Crippen molar-refractivity contribution in [2.24, 2.45) is 4.99 Å². The third-order valence-corrected chi connectivity index (χ3v) is 6.13. The average molecular weight is 400 g/mol. The van der Waals surface area contributed by atoms with E-state index in [0.29, 0.717) is 6.42 Å². The smallest absolute Gasteiger partial charge is 0.227 e. The fourth-order valence-electron chi connectivity index (χ4n) is 4.38. The minimum absolute atomic E-state index is 0.218. The third-order valence-electron chi connectivity index (χ3n) is 6.13. The molecular formula is C23H37N5O. The van der Waals surface area contributed by atoms with E-state index in [9.17, 15) is 4.79 Å². The molecule has 1 atom stereocenters. The zero-order chi connectivity index (χ0) is 20.5. The molecular weight excluding hydrogens is 362 g/mol. The van der Waals surface area contributed by atoms with Crippen LogP contribution in [-0.4, -0.2) is 62.6 Å². The van der Waals surface area contributed by atoms with Crippen LogP contribution < -0.4 is 15.5 Å². The fraction of sp³-hybridized carbons (Fsp3) is 0.652. The van der Waals surface area contributed by atoms with Crippen molar-refractivity contribution in [2.45, 2.75) is 57.9 Å². The molecule has 0 radical (unpaired) electrons. The summed E-state index contributed by atoms with van der Waals surface area (Å²) in [6.07, 6.45) is 7.50. The second kappa shape index (κ2) is 11.2. The van der Waals surface area contributed by atoms with Crippen LogP contribution in [0.1, 0.15) is 51.0 Å². The molecule has 6 nitrogen and oxygen atoms in total. The Morgan fingerprint density at radius 1 is 1.14 bits per heavy atom. The van der Waals surface area contributed by atoms with Gasteiger partial charge in [-0.1, -0.05) is 24.6 Å². The summed E-state index contributed by atoms with van der Waals surface area (Å²) in [5.74, 6) is 1.05. The summed E-state index contributed by atoms with van der Waals surface area (Å²) in [6.45, 7) is 7.22. The number of aliphatic imine (C=N–C) groups is 1. The minimum atomic E-state index is 0.218. The van der Waals surface area contributed by atoms with Gasteiger partial charge >= 0.3 is 0 Å². The van der Waals surface area contributed by atoms with Crippen molar-refractivity contribution >= 4 is 17.6 Å². The Hall–Kier alpha value is -2.08. The van der Waals surface area contributed by atoms with E-state index in [0.717, 1.165) is 63.1 Å². The third kappa shape index (κ3) is 6.20. The first-order chi connectivity index (χ1) is 14.2. The molecule has 0 aromatic heterocycles. The van der Waals surface area contributed by atoms with Crippen molar-refractivity contribution in [3.8, 4) is 0 Å². The van der Waals surface area contributed by atoms with Gasteiger partial charge < -0.3 is 20.4 Å². The number of guanidine groups is 1. The molecule has 1 amide bonds. The monoisotopic (exact) mass is 399 g/mol. The Morgan fingerprint density at radius 2 is 1.93 bits per heavy atom. The Kier molecular flexibility index (Phi) is 8.35. The number of para-hydroxylation sites is 1. The molecule has 1 unspecified atom stereocenters. The summed E-state index contributed by atoms with van der Waals surface area (Å²) in [5.41, 5.74) is 2.37. The quantitative estimate of drug-likeness (QED) is 0.401. The summed E-state index contributed by atoms with van der Waals surface area (Å²) < 4.78 is 0. The first kappa shape index (κ1) is 21.6. The van der Waals surface area contributed by atoms with Gasteiger partial charge in [-0.15, -0.1) is 0 Å². The first-order valence-corrected chi connectivity index (χ1v) is 11.3. The number of anilines is 1. The van der Waals surface area contributed by atoms with Gasteiger partial charge in [-0.05, 0) is 57.2 Å². The first-order valence-electron chi connectivity index (χ1n) is 11.3. The second-order valence-electron chi connectivity index (χ2n) is 8.19. The van der Waals surface area contributed by atoms with Gasteiger partial charge in [-0.3, -0.25) is 9.79 Å². The topological polar surface area (TPSA) is 60.0 Å². The van der Waals surface area contributed by atoms with E-state index in [-0.39, 0.29) is 5.91 Å². The van der Waals surface area contributed by atoms with Crippen molar-refractivity contribution in [1.82, 2.24) is 15.5 Å². The van der Waals surface area contributed by atoms with Crippen LogP contribution in [0.25, 0.3) is 0 Å². The molecule has 0 saturated carbocycles. The van der Waals surface area contributed by atoms with Gasteiger partial charge in [0.25, 0.3) is 0 Å². The van der Waals surface area contributed by atoms with E-state index in [4.69, 9.17) is 0 Å². The molecule has 0 aliphatic carbocycles. The lowest BCUT2D eigenvalue weighted by molar-refractivity contribution is -0.118. The Balaban J connectivity index is 1.28. The van der Waals surface area contributed by atoms with E-state index in [1.54, 1.807) is 7.05 Å². The van der Waals surface area contributed by atoms with Crippen molar-refractivity contribution in [3.63, 3.8) is 0 Å². The van der Waals surface area contributed by atoms with Gasteiger partial charge in [-0.2, -0.15) is 0 Å². The molecule has 0 bridgehead atoms. The zero-order valence-electron chi connectivity index (χ0n) is 18.1. The summed E-state index contributed by atoms with van der Waals surface area (Å²) in [4.78, 5) is 21.4. The van der Waals surface area contributed by atoms with Gasteiger partial charge in [0.15, 0.2) is 5.96 Å². The number of carbonyl (C=O) groups is 1. The van der Waals surface area contributed by atoms with Crippen LogP contribution in [0.2, 0.25) is 0 Å². The van der Waals surface area contributed by atoms with Gasteiger partial charge in [0.2, 0.25) is 5.91 Å². The minimum Gasteiger partial charge on any atom is -0.356 e. The van der Waals surface area contributed by atoms with E-state index in [2.05, 4.69) is 39.6 Å². The normalized spacial score (nSPS) is 19.9. The number of hydrogen-bond acceptors (Lipinski definition) is 3. The maximum absolute atomic E-state index is 12.6. The highest BCUT2D eigenvalue weighted by Gasteiger charge is 2.23. The molecule has 1 fully saturated rings. The van der Waals surface area contributed by atoms with E-state index < -0.39 is 0 Å². The molecule has 1 aromatic carbocycles. The molecule has 1 saturated heterocycles. The van der Waals surface area contributed by atoms with Crippen molar-refractivity contribution in [1.29, 1.82) is 0 Å². The van der Waals surface area contributed by atoms with Gasteiger partial charge in [0.1, 0.15) is 0 Å². The number of likely N-dealkylation sites (tertiary alicyclic amines) is 1. The molecule has 2 aliphatic rings. The number of carbonyl (C=O) groups excluding carboxylic acids is 1. The number of benzene rings is 1. The standard InChI is InChI=1S/C23H37N5O/c1-19-9-5-6-16-27(19)17-8-15-26-23(24-2)25-14-7-12-22(29)28-18-13-20-10-3-4-11-21(20)28/h3-4,10-11,19H,5-9,12-18H2,1-2H3,(H2,24,25,26).